The molecule has 0 unspecified atom stereocenters. The molecule has 0 fully saturated rings. The molecule has 0 saturated heterocycles. The average Bonchev–Trinajstić information content (AvgIpc) is 3.25. The van der Waals surface area contributed by atoms with E-state index in [-0.39, 0.29) is 17.1 Å². The first-order chi connectivity index (χ1) is 13.4. The molecule has 0 saturated carbocycles. The Morgan fingerprint density at radius 2 is 2.11 bits per heavy atom. The van der Waals surface area contributed by atoms with Gasteiger partial charge in [0.05, 0.1) is 20.4 Å². The molecular weight excluding hydrogens is 432 g/mol. The fraction of sp³-hybridized carbons (Fsp3) is 0.350. The maximum absolute atomic E-state index is 13.3. The van der Waals surface area contributed by atoms with Crippen molar-refractivity contribution in [1.82, 2.24) is 9.55 Å². The Bertz CT molecular complexity index is 1140. The molecule has 28 heavy (non-hydrogen) atoms. The lowest BCUT2D eigenvalue weighted by molar-refractivity contribution is 0.102. The topological polar surface area (TPSA) is 52.0 Å². The second-order valence-electron chi connectivity index (χ2n) is 6.95. The molecule has 3 aromatic heterocycles. The first-order valence-electron chi connectivity index (χ1n) is 9.05. The molecule has 4 nitrogen and oxygen atoms in total. The van der Waals surface area contributed by atoms with Crippen molar-refractivity contribution in [3.05, 3.63) is 54.3 Å². The molecule has 1 aliphatic rings. The van der Waals surface area contributed by atoms with E-state index in [0.29, 0.717) is 20.9 Å². The van der Waals surface area contributed by atoms with Gasteiger partial charge in [0, 0.05) is 11.4 Å². The number of halogens is 1. The third kappa shape index (κ3) is 3.85. The van der Waals surface area contributed by atoms with Gasteiger partial charge < -0.3 is 0 Å². The highest BCUT2D eigenvalue weighted by Crippen LogP contribution is 2.35. The molecule has 0 bridgehead atoms. The van der Waals surface area contributed by atoms with Crippen LogP contribution in [-0.4, -0.2) is 21.1 Å². The van der Waals surface area contributed by atoms with Gasteiger partial charge in [-0.15, -0.1) is 22.7 Å². The Kier molecular flexibility index (Phi) is 5.78. The quantitative estimate of drug-likeness (QED) is 0.212. The molecule has 0 aliphatic heterocycles. The van der Waals surface area contributed by atoms with Crippen molar-refractivity contribution >= 4 is 62.0 Å². The van der Waals surface area contributed by atoms with Crippen LogP contribution >= 0.6 is 46.0 Å². The first kappa shape index (κ1) is 19.9. The van der Waals surface area contributed by atoms with Gasteiger partial charge in [0.15, 0.2) is 10.9 Å². The highest BCUT2D eigenvalue weighted by Gasteiger charge is 2.22. The molecular formula is C20H19ClN2O2S3. The summed E-state index contributed by atoms with van der Waals surface area (Å²) in [5, 5.41) is 1.34. The third-order valence-electron chi connectivity index (χ3n) is 4.65. The van der Waals surface area contributed by atoms with Crippen LogP contribution in [0.4, 0.5) is 0 Å². The lowest BCUT2D eigenvalue weighted by Gasteiger charge is -2.13. The largest absolute Gasteiger partial charge is 0.292 e. The minimum atomic E-state index is -0.0125. The van der Waals surface area contributed by atoms with Gasteiger partial charge >= 0.3 is 0 Å². The summed E-state index contributed by atoms with van der Waals surface area (Å²) < 4.78 is 2.27. The van der Waals surface area contributed by atoms with Gasteiger partial charge in [0.2, 0.25) is 0 Å². The van der Waals surface area contributed by atoms with Crippen molar-refractivity contribution in [1.29, 1.82) is 0 Å². The summed E-state index contributed by atoms with van der Waals surface area (Å²) in [6.45, 7) is 6.27. The molecule has 0 radical (unpaired) electrons. The lowest BCUT2D eigenvalue weighted by atomic mass is 9.97. The van der Waals surface area contributed by atoms with Crippen LogP contribution in [0.2, 0.25) is 4.34 Å². The Balaban J connectivity index is 1.72. The maximum atomic E-state index is 13.3. The van der Waals surface area contributed by atoms with Crippen LogP contribution in [0, 0.1) is 0 Å². The lowest BCUT2D eigenvalue weighted by Crippen LogP contribution is -2.24. The summed E-state index contributed by atoms with van der Waals surface area (Å²) in [5.41, 5.74) is 2.05. The zero-order valence-corrected chi connectivity index (χ0v) is 18.6. The van der Waals surface area contributed by atoms with E-state index in [1.807, 2.05) is 6.92 Å². The number of hydrogen-bond acceptors (Lipinski definition) is 6. The predicted octanol–water partition coefficient (Wildman–Crippen LogP) is 5.60. The van der Waals surface area contributed by atoms with Crippen molar-refractivity contribution in [3.63, 3.8) is 0 Å². The number of aryl methyl sites for hydroxylation is 2. The number of rotatable bonds is 6. The summed E-state index contributed by atoms with van der Waals surface area (Å²) in [6, 6.07) is 3.46. The molecule has 1 aliphatic carbocycles. The van der Waals surface area contributed by atoms with Gasteiger partial charge in [-0.05, 0) is 50.3 Å². The molecule has 0 spiro atoms. The SMILES string of the molecule is C=C(C)Cn1c(SCC(=O)c2ccc(Cl)s2)nc2sc3c(c2c1=O)CCCC3. The monoisotopic (exact) mass is 450 g/mol. The van der Waals surface area contributed by atoms with Crippen molar-refractivity contribution < 1.29 is 4.79 Å². The normalized spacial score (nSPS) is 13.6. The van der Waals surface area contributed by atoms with Crippen LogP contribution in [0.15, 0.2) is 34.2 Å². The number of allylic oxidation sites excluding steroid dienone is 1. The number of carbonyl (C=O) groups is 1. The number of Topliss-reactive ketones (excluding diaryl/α,β-unsaturated/α-hetero) is 1. The van der Waals surface area contributed by atoms with Crippen molar-refractivity contribution in [2.24, 2.45) is 0 Å². The van der Waals surface area contributed by atoms with E-state index in [1.165, 1.54) is 40.0 Å². The fourth-order valence-corrected chi connectivity index (χ4v) is 6.66. The zero-order valence-electron chi connectivity index (χ0n) is 15.4. The number of thiophene rings is 2. The number of ketones is 1. The molecule has 0 N–H and O–H groups in total. The number of aromatic nitrogens is 2. The van der Waals surface area contributed by atoms with Crippen LogP contribution < -0.4 is 5.56 Å². The number of nitrogens with zero attached hydrogens (tertiary/aromatic N) is 2. The van der Waals surface area contributed by atoms with Gasteiger partial charge in [0.1, 0.15) is 4.83 Å². The molecule has 0 aromatic carbocycles. The van der Waals surface area contributed by atoms with Crippen LogP contribution in [0.5, 0.6) is 0 Å². The van der Waals surface area contributed by atoms with Gasteiger partial charge in [-0.1, -0.05) is 35.5 Å². The molecule has 4 rings (SSSR count). The average molecular weight is 451 g/mol. The third-order valence-corrected chi connectivity index (χ3v) is 8.08. The Morgan fingerprint density at radius 3 is 2.82 bits per heavy atom. The molecule has 3 aromatic rings. The predicted molar refractivity (Wildman–Crippen MR) is 120 cm³/mol. The van der Waals surface area contributed by atoms with Crippen molar-refractivity contribution in [2.45, 2.75) is 44.3 Å². The van der Waals surface area contributed by atoms with Gasteiger partial charge in [-0.2, -0.15) is 0 Å². The highest BCUT2D eigenvalue weighted by molar-refractivity contribution is 7.99. The van der Waals surface area contributed by atoms with Gasteiger partial charge in [-0.25, -0.2) is 4.98 Å². The second kappa shape index (κ2) is 8.14. The van der Waals surface area contributed by atoms with Crippen molar-refractivity contribution in [3.8, 4) is 0 Å². The fourth-order valence-electron chi connectivity index (χ4n) is 3.40. The minimum Gasteiger partial charge on any atom is -0.292 e. The van der Waals surface area contributed by atoms with Crippen LogP contribution in [0.1, 0.15) is 39.9 Å². The molecule has 146 valence electrons. The standard InChI is InChI=1S/C20H19ClN2O2S3/c1-11(2)9-23-19(25)17-12-5-3-4-6-14(12)28-18(17)22-20(23)26-10-13(24)15-7-8-16(21)27-15/h7-8H,1,3-6,9-10H2,2H3. The number of carbonyl (C=O) groups excluding carboxylic acids is 1. The molecule has 8 heteroatoms. The van der Waals surface area contributed by atoms with E-state index in [4.69, 9.17) is 16.6 Å². The number of thioether (sulfide) groups is 1. The summed E-state index contributed by atoms with van der Waals surface area (Å²) in [7, 11) is 0. The summed E-state index contributed by atoms with van der Waals surface area (Å²) >= 11 is 10.1. The van der Waals surface area contributed by atoms with Gasteiger partial charge in [-0.3, -0.25) is 14.2 Å². The zero-order chi connectivity index (χ0) is 19.8. The Labute approximate surface area is 180 Å². The van der Waals surface area contributed by atoms with E-state index in [2.05, 4.69) is 6.58 Å². The van der Waals surface area contributed by atoms with Crippen LogP contribution in [0.3, 0.4) is 0 Å². The molecule has 0 amide bonds. The smallest absolute Gasteiger partial charge is 0.263 e. The molecule has 3 heterocycles. The van der Waals surface area contributed by atoms with E-state index in [9.17, 15) is 9.59 Å². The summed E-state index contributed by atoms with van der Waals surface area (Å²) in [5.74, 6) is 0.208. The van der Waals surface area contributed by atoms with E-state index in [1.54, 1.807) is 28.0 Å². The minimum absolute atomic E-state index is 0.0106. The van der Waals surface area contributed by atoms with Gasteiger partial charge in [0.25, 0.3) is 5.56 Å². The van der Waals surface area contributed by atoms with E-state index >= 15 is 0 Å². The van der Waals surface area contributed by atoms with Crippen molar-refractivity contribution in [2.75, 3.05) is 5.75 Å². The maximum Gasteiger partial charge on any atom is 0.263 e. The highest BCUT2D eigenvalue weighted by atomic mass is 35.5. The van der Waals surface area contributed by atoms with Crippen LogP contribution in [-0.2, 0) is 19.4 Å². The number of fused-ring (bicyclic) bond motifs is 3. The first-order valence-corrected chi connectivity index (χ1v) is 12.0. The summed E-state index contributed by atoms with van der Waals surface area (Å²) in [4.78, 5) is 33.3. The van der Waals surface area contributed by atoms with E-state index < -0.39 is 0 Å². The molecule has 0 atom stereocenters. The Hall–Kier alpha value is -1.41. The Morgan fingerprint density at radius 1 is 1.32 bits per heavy atom. The van der Waals surface area contributed by atoms with Crippen LogP contribution in [0.25, 0.3) is 10.2 Å². The number of hydrogen-bond donors (Lipinski definition) is 0. The van der Waals surface area contributed by atoms with E-state index in [0.717, 1.165) is 35.1 Å². The summed E-state index contributed by atoms with van der Waals surface area (Å²) in [6.07, 6.45) is 4.26. The second-order valence-corrected chi connectivity index (χ2v) is 10.7.